The Kier molecular flexibility index (Phi) is 5.83. The largest absolute Gasteiger partial charge is 0.457 e. The SMILES string of the molecule is CCc1ccc(N2C(=O)/C(=C\c3ccc(-c4cc(Cl)ccc4Cl)o3)SC2=S)cc1. The van der Waals surface area contributed by atoms with Crippen LogP contribution in [0.3, 0.4) is 0 Å². The topological polar surface area (TPSA) is 33.5 Å². The Bertz CT molecular complexity index is 1140. The molecule has 1 amide bonds. The van der Waals surface area contributed by atoms with Crippen molar-refractivity contribution in [1.82, 2.24) is 0 Å². The summed E-state index contributed by atoms with van der Waals surface area (Å²) in [7, 11) is 0. The zero-order valence-corrected chi connectivity index (χ0v) is 18.5. The van der Waals surface area contributed by atoms with Crippen molar-refractivity contribution in [2.75, 3.05) is 4.90 Å². The van der Waals surface area contributed by atoms with Crippen molar-refractivity contribution in [3.05, 3.63) is 80.9 Å². The van der Waals surface area contributed by atoms with Crippen LogP contribution in [0.1, 0.15) is 18.2 Å². The van der Waals surface area contributed by atoms with E-state index in [0.717, 1.165) is 12.1 Å². The standard InChI is InChI=1S/C22H15Cl2NO2S2/c1-2-13-3-6-15(7-4-13)25-21(26)20(29-22(25)28)12-16-8-10-19(27-16)17-11-14(23)5-9-18(17)24/h3-12H,2H2,1H3/b20-12+. The summed E-state index contributed by atoms with van der Waals surface area (Å²) in [6.07, 6.45) is 2.64. The molecule has 2 heterocycles. The van der Waals surface area contributed by atoms with Crippen LogP contribution in [0.15, 0.2) is 63.9 Å². The van der Waals surface area contributed by atoms with E-state index < -0.39 is 0 Å². The Hall–Kier alpha value is -2.05. The van der Waals surface area contributed by atoms with Crippen LogP contribution >= 0.6 is 47.2 Å². The summed E-state index contributed by atoms with van der Waals surface area (Å²) in [4.78, 5) is 15.0. The third-order valence-electron chi connectivity index (χ3n) is 4.49. The van der Waals surface area contributed by atoms with Crippen LogP contribution in [0, 0.1) is 0 Å². The highest BCUT2D eigenvalue weighted by atomic mass is 35.5. The van der Waals surface area contributed by atoms with Crippen LogP contribution in [-0.4, -0.2) is 10.2 Å². The van der Waals surface area contributed by atoms with Crippen molar-refractivity contribution < 1.29 is 9.21 Å². The van der Waals surface area contributed by atoms with Gasteiger partial charge in [-0.05, 0) is 54.4 Å². The molecule has 1 aliphatic rings. The summed E-state index contributed by atoms with van der Waals surface area (Å²) >= 11 is 19.0. The van der Waals surface area contributed by atoms with Crippen molar-refractivity contribution >= 4 is 69.2 Å². The number of rotatable bonds is 4. The van der Waals surface area contributed by atoms with Gasteiger partial charge in [0.05, 0.1) is 15.6 Å². The molecule has 0 unspecified atom stereocenters. The monoisotopic (exact) mass is 459 g/mol. The molecule has 3 nitrogen and oxygen atoms in total. The smallest absolute Gasteiger partial charge is 0.270 e. The van der Waals surface area contributed by atoms with Gasteiger partial charge in [-0.2, -0.15) is 0 Å². The highest BCUT2D eigenvalue weighted by molar-refractivity contribution is 8.27. The summed E-state index contributed by atoms with van der Waals surface area (Å²) < 4.78 is 6.37. The molecule has 146 valence electrons. The molecule has 0 saturated carbocycles. The lowest BCUT2D eigenvalue weighted by atomic mass is 10.1. The molecule has 2 aromatic carbocycles. The molecule has 29 heavy (non-hydrogen) atoms. The Labute approximate surface area is 188 Å². The molecule has 0 aliphatic carbocycles. The van der Waals surface area contributed by atoms with Gasteiger partial charge in [0, 0.05) is 16.7 Å². The van der Waals surface area contributed by atoms with Crippen LogP contribution < -0.4 is 4.90 Å². The minimum absolute atomic E-state index is 0.164. The van der Waals surface area contributed by atoms with Gasteiger partial charge in [0.1, 0.15) is 11.5 Å². The van der Waals surface area contributed by atoms with Crippen LogP contribution in [-0.2, 0) is 11.2 Å². The lowest BCUT2D eigenvalue weighted by Crippen LogP contribution is -2.27. The second-order valence-electron chi connectivity index (χ2n) is 6.36. The number of thiocarbonyl (C=S) groups is 1. The maximum Gasteiger partial charge on any atom is 0.270 e. The van der Waals surface area contributed by atoms with Crippen LogP contribution in [0.4, 0.5) is 5.69 Å². The van der Waals surface area contributed by atoms with Crippen molar-refractivity contribution in [2.24, 2.45) is 0 Å². The van der Waals surface area contributed by atoms with Gasteiger partial charge in [0.25, 0.3) is 5.91 Å². The fraction of sp³-hybridized carbons (Fsp3) is 0.0909. The molecular formula is C22H15Cl2NO2S2. The fourth-order valence-electron chi connectivity index (χ4n) is 2.96. The quantitative estimate of drug-likeness (QED) is 0.304. The minimum atomic E-state index is -0.164. The van der Waals surface area contributed by atoms with Crippen LogP contribution in [0.5, 0.6) is 0 Å². The Morgan fingerprint density at radius 1 is 1.10 bits per heavy atom. The lowest BCUT2D eigenvalue weighted by Gasteiger charge is -2.14. The van der Waals surface area contributed by atoms with Crippen molar-refractivity contribution in [2.45, 2.75) is 13.3 Å². The first-order valence-electron chi connectivity index (χ1n) is 8.88. The van der Waals surface area contributed by atoms with Gasteiger partial charge in [0.15, 0.2) is 4.32 Å². The number of anilines is 1. The number of nitrogens with zero attached hydrogens (tertiary/aromatic N) is 1. The summed E-state index contributed by atoms with van der Waals surface area (Å²) in [5.41, 5.74) is 2.67. The van der Waals surface area contributed by atoms with Gasteiger partial charge in [-0.3, -0.25) is 9.69 Å². The van der Waals surface area contributed by atoms with E-state index in [2.05, 4.69) is 6.92 Å². The molecule has 1 aromatic heterocycles. The number of carbonyl (C=O) groups excluding carboxylic acids is 1. The summed E-state index contributed by atoms with van der Waals surface area (Å²) in [6, 6.07) is 16.6. The van der Waals surface area contributed by atoms with Gasteiger partial charge < -0.3 is 4.42 Å². The zero-order chi connectivity index (χ0) is 20.5. The summed E-state index contributed by atoms with van der Waals surface area (Å²) in [5, 5.41) is 1.11. The molecule has 0 bridgehead atoms. The van der Waals surface area contributed by atoms with E-state index >= 15 is 0 Å². The Balaban J connectivity index is 1.61. The third kappa shape index (κ3) is 4.14. The van der Waals surface area contributed by atoms with Crippen molar-refractivity contribution in [3.8, 4) is 11.3 Å². The molecular weight excluding hydrogens is 445 g/mol. The number of thioether (sulfide) groups is 1. The molecule has 7 heteroatoms. The average molecular weight is 460 g/mol. The van der Waals surface area contributed by atoms with E-state index in [1.54, 1.807) is 41.3 Å². The van der Waals surface area contributed by atoms with E-state index in [-0.39, 0.29) is 5.91 Å². The first-order chi connectivity index (χ1) is 14.0. The van der Waals surface area contributed by atoms with Gasteiger partial charge in [-0.1, -0.05) is 66.2 Å². The predicted molar refractivity (Wildman–Crippen MR) is 126 cm³/mol. The molecule has 0 spiro atoms. The minimum Gasteiger partial charge on any atom is -0.457 e. The number of carbonyl (C=O) groups is 1. The van der Waals surface area contributed by atoms with Crippen LogP contribution in [0.2, 0.25) is 10.0 Å². The van der Waals surface area contributed by atoms with E-state index in [0.29, 0.717) is 36.4 Å². The molecule has 1 fully saturated rings. The van der Waals surface area contributed by atoms with E-state index in [1.807, 2.05) is 24.3 Å². The Morgan fingerprint density at radius 2 is 1.86 bits per heavy atom. The zero-order valence-electron chi connectivity index (χ0n) is 15.3. The number of halogens is 2. The second kappa shape index (κ2) is 8.36. The molecule has 0 atom stereocenters. The van der Waals surface area contributed by atoms with Crippen LogP contribution in [0.25, 0.3) is 17.4 Å². The number of hydrogen-bond donors (Lipinski definition) is 0. The number of benzene rings is 2. The normalized spacial score (nSPS) is 15.6. The van der Waals surface area contributed by atoms with Gasteiger partial charge in [-0.25, -0.2) is 0 Å². The highest BCUT2D eigenvalue weighted by Crippen LogP contribution is 2.37. The lowest BCUT2D eigenvalue weighted by molar-refractivity contribution is -0.113. The van der Waals surface area contributed by atoms with E-state index in [1.165, 1.54) is 17.3 Å². The van der Waals surface area contributed by atoms with Gasteiger partial charge >= 0.3 is 0 Å². The van der Waals surface area contributed by atoms with Crippen molar-refractivity contribution in [1.29, 1.82) is 0 Å². The predicted octanol–water partition coefficient (Wildman–Crippen LogP) is 7.22. The third-order valence-corrected chi connectivity index (χ3v) is 6.36. The second-order valence-corrected chi connectivity index (χ2v) is 8.88. The number of hydrogen-bond acceptors (Lipinski definition) is 4. The van der Waals surface area contributed by atoms with Gasteiger partial charge in [-0.15, -0.1) is 0 Å². The van der Waals surface area contributed by atoms with Crippen molar-refractivity contribution in [3.63, 3.8) is 0 Å². The average Bonchev–Trinajstić information content (AvgIpc) is 3.28. The fourth-order valence-corrected chi connectivity index (χ4v) is 4.62. The maximum absolute atomic E-state index is 12.9. The van der Waals surface area contributed by atoms with E-state index in [9.17, 15) is 4.79 Å². The first-order valence-corrected chi connectivity index (χ1v) is 10.9. The van der Waals surface area contributed by atoms with Gasteiger partial charge in [0.2, 0.25) is 0 Å². The molecule has 0 radical (unpaired) electrons. The molecule has 4 rings (SSSR count). The summed E-state index contributed by atoms with van der Waals surface area (Å²) in [6.45, 7) is 2.09. The Morgan fingerprint density at radius 3 is 2.59 bits per heavy atom. The number of aryl methyl sites for hydroxylation is 1. The number of furan rings is 1. The molecule has 1 aliphatic heterocycles. The highest BCUT2D eigenvalue weighted by Gasteiger charge is 2.33. The van der Waals surface area contributed by atoms with E-state index in [4.69, 9.17) is 39.8 Å². The molecule has 3 aromatic rings. The maximum atomic E-state index is 12.9. The molecule has 1 saturated heterocycles. The first kappa shape index (κ1) is 20.2. The number of amides is 1. The molecule has 0 N–H and O–H groups in total. The summed E-state index contributed by atoms with van der Waals surface area (Å²) in [5.74, 6) is 0.954.